The zero-order valence-corrected chi connectivity index (χ0v) is 19.7. The number of fused-ring (bicyclic) bond motifs is 1. The number of phenols is 1. The molecule has 2 aliphatic rings. The number of ether oxygens (including phenoxy) is 1. The first-order chi connectivity index (χ1) is 14.2. The Labute approximate surface area is 189 Å². The van der Waals surface area contributed by atoms with Gasteiger partial charge in [0.2, 0.25) is 0 Å². The summed E-state index contributed by atoms with van der Waals surface area (Å²) >= 11 is 12.0. The molecule has 1 fully saturated rings. The van der Waals surface area contributed by atoms with Gasteiger partial charge in [0, 0.05) is 42.5 Å². The lowest BCUT2D eigenvalue weighted by Crippen LogP contribution is -2.57. The first kappa shape index (κ1) is 21.3. The lowest BCUT2D eigenvalue weighted by Gasteiger charge is -2.44. The Hall–Kier alpha value is -1.98. The molecule has 0 aromatic heterocycles. The number of hydrogen-bond donors (Lipinski definition) is 1. The number of thiocarbonyl (C=S) groups is 1. The molecular formula is C24H29ClN2O2S. The fraction of sp³-hybridized carbons (Fsp3) is 0.458. The molecular weight excluding hydrogens is 416 g/mol. The maximum Gasteiger partial charge on any atom is 0.156 e. The topological polar surface area (TPSA) is 35.9 Å². The van der Waals surface area contributed by atoms with Crippen molar-refractivity contribution in [3.8, 4) is 11.5 Å². The number of hydrogen-bond acceptors (Lipinski definition) is 4. The van der Waals surface area contributed by atoms with Crippen LogP contribution >= 0.6 is 23.8 Å². The van der Waals surface area contributed by atoms with Crippen LogP contribution in [-0.2, 0) is 6.42 Å². The van der Waals surface area contributed by atoms with Crippen LogP contribution in [-0.4, -0.2) is 46.8 Å². The molecule has 2 aliphatic heterocycles. The van der Waals surface area contributed by atoms with Crippen LogP contribution in [0.4, 0.5) is 5.69 Å². The van der Waals surface area contributed by atoms with Crippen molar-refractivity contribution >= 4 is 34.5 Å². The Kier molecular flexibility index (Phi) is 5.62. The molecule has 1 N–H and O–H groups in total. The van der Waals surface area contributed by atoms with Crippen LogP contribution in [0.15, 0.2) is 24.3 Å². The molecule has 0 aliphatic carbocycles. The number of aromatic hydroxyl groups is 1. The van der Waals surface area contributed by atoms with Gasteiger partial charge in [-0.15, -0.1) is 0 Å². The van der Waals surface area contributed by atoms with Gasteiger partial charge in [-0.05, 0) is 81.5 Å². The summed E-state index contributed by atoms with van der Waals surface area (Å²) in [5.41, 5.74) is 4.62. The van der Waals surface area contributed by atoms with Gasteiger partial charge in [0.1, 0.15) is 16.5 Å². The van der Waals surface area contributed by atoms with E-state index in [2.05, 4.69) is 28.9 Å². The average molecular weight is 445 g/mol. The highest BCUT2D eigenvalue weighted by Crippen LogP contribution is 2.44. The zero-order valence-electron chi connectivity index (χ0n) is 18.1. The fourth-order valence-electron chi connectivity index (χ4n) is 4.55. The largest absolute Gasteiger partial charge is 0.507 e. The third kappa shape index (κ3) is 3.63. The molecule has 1 saturated heterocycles. The first-order valence-corrected chi connectivity index (χ1v) is 11.3. The molecule has 6 heteroatoms. The summed E-state index contributed by atoms with van der Waals surface area (Å²) in [5, 5.41) is 11.2. The Morgan fingerprint density at radius 2 is 1.67 bits per heavy atom. The van der Waals surface area contributed by atoms with Crippen molar-refractivity contribution in [2.45, 2.75) is 46.1 Å². The maximum atomic E-state index is 10.4. The number of rotatable bonds is 2. The third-order valence-electron chi connectivity index (χ3n) is 6.73. The number of nitrogens with zero attached hydrogens (tertiary/aromatic N) is 2. The summed E-state index contributed by atoms with van der Waals surface area (Å²) in [6.07, 6.45) is 1.68. The highest BCUT2D eigenvalue weighted by Gasteiger charge is 2.40. The van der Waals surface area contributed by atoms with Crippen molar-refractivity contribution in [2.75, 3.05) is 31.1 Å². The second-order valence-electron chi connectivity index (χ2n) is 8.62. The predicted molar refractivity (Wildman–Crippen MR) is 128 cm³/mol. The minimum Gasteiger partial charge on any atom is -0.507 e. The van der Waals surface area contributed by atoms with Crippen molar-refractivity contribution in [1.29, 1.82) is 0 Å². The minimum atomic E-state index is -0.509. The monoisotopic (exact) mass is 444 g/mol. The van der Waals surface area contributed by atoms with Crippen molar-refractivity contribution < 1.29 is 9.84 Å². The van der Waals surface area contributed by atoms with Gasteiger partial charge in [-0.2, -0.15) is 0 Å². The molecule has 2 aromatic carbocycles. The number of phenolic OH excluding ortho intramolecular Hbond substituents is 1. The quantitative estimate of drug-likeness (QED) is 0.644. The van der Waals surface area contributed by atoms with Crippen LogP contribution in [0, 0.1) is 20.8 Å². The maximum absolute atomic E-state index is 10.4. The van der Waals surface area contributed by atoms with E-state index < -0.39 is 5.60 Å². The van der Waals surface area contributed by atoms with Crippen molar-refractivity contribution in [3.05, 3.63) is 51.5 Å². The molecule has 1 unspecified atom stereocenters. The molecule has 1 atom stereocenters. The Bertz CT molecular complexity index is 984. The highest BCUT2D eigenvalue weighted by atomic mass is 35.5. The molecule has 0 amide bonds. The molecule has 0 radical (unpaired) electrons. The van der Waals surface area contributed by atoms with E-state index in [4.69, 9.17) is 28.6 Å². The number of benzene rings is 2. The average Bonchev–Trinajstić information content (AvgIpc) is 2.76. The summed E-state index contributed by atoms with van der Waals surface area (Å²) < 4.78 is 6.58. The van der Waals surface area contributed by atoms with Gasteiger partial charge in [-0.3, -0.25) is 0 Å². The summed E-state index contributed by atoms with van der Waals surface area (Å²) in [5.74, 6) is 1.29. The van der Waals surface area contributed by atoms with E-state index in [0.29, 0.717) is 5.75 Å². The van der Waals surface area contributed by atoms with Gasteiger partial charge in [0.25, 0.3) is 0 Å². The second kappa shape index (κ2) is 7.93. The van der Waals surface area contributed by atoms with Gasteiger partial charge in [-0.1, -0.05) is 23.8 Å². The van der Waals surface area contributed by atoms with Crippen LogP contribution in [0.2, 0.25) is 5.02 Å². The lowest BCUT2D eigenvalue weighted by atomic mass is 9.86. The van der Waals surface area contributed by atoms with E-state index in [1.807, 2.05) is 32.9 Å². The molecule has 2 heterocycles. The van der Waals surface area contributed by atoms with Crippen LogP contribution in [0.25, 0.3) is 0 Å². The SMILES string of the molecule is Cc1c(C)c2c(c(C)c1O)CCC(C)(C(=S)N1CCN(c3ccc(Cl)cc3)CC1)O2. The first-order valence-electron chi connectivity index (χ1n) is 10.5. The van der Waals surface area contributed by atoms with E-state index in [0.717, 1.165) is 77.0 Å². The zero-order chi connectivity index (χ0) is 21.6. The van der Waals surface area contributed by atoms with E-state index in [1.54, 1.807) is 0 Å². The summed E-state index contributed by atoms with van der Waals surface area (Å²) in [4.78, 5) is 5.54. The molecule has 0 saturated carbocycles. The smallest absolute Gasteiger partial charge is 0.156 e. The summed E-state index contributed by atoms with van der Waals surface area (Å²) in [6.45, 7) is 11.6. The van der Waals surface area contributed by atoms with Crippen molar-refractivity contribution in [1.82, 2.24) is 4.90 Å². The van der Waals surface area contributed by atoms with E-state index in [9.17, 15) is 5.11 Å². The van der Waals surface area contributed by atoms with Gasteiger partial charge in [-0.25, -0.2) is 0 Å². The van der Waals surface area contributed by atoms with Crippen LogP contribution in [0.5, 0.6) is 11.5 Å². The third-order valence-corrected chi connectivity index (χ3v) is 7.67. The van der Waals surface area contributed by atoms with E-state index in [-0.39, 0.29) is 0 Å². The van der Waals surface area contributed by atoms with Crippen LogP contribution in [0.3, 0.4) is 0 Å². The second-order valence-corrected chi connectivity index (χ2v) is 9.44. The van der Waals surface area contributed by atoms with Gasteiger partial charge in [0.15, 0.2) is 5.60 Å². The Morgan fingerprint density at radius 3 is 2.30 bits per heavy atom. The van der Waals surface area contributed by atoms with Crippen molar-refractivity contribution in [2.24, 2.45) is 0 Å². The molecule has 4 rings (SSSR count). The number of anilines is 1. The van der Waals surface area contributed by atoms with E-state index >= 15 is 0 Å². The predicted octanol–water partition coefficient (Wildman–Crippen LogP) is 5.20. The number of piperazine rings is 1. The van der Waals surface area contributed by atoms with Gasteiger partial charge < -0.3 is 19.6 Å². The standard InChI is InChI=1S/C24H29ClN2O2S/c1-15-16(2)22-20(17(3)21(15)28)9-10-24(4,29-22)23(30)27-13-11-26(12-14-27)19-7-5-18(25)6-8-19/h5-8,28H,9-14H2,1-4H3. The molecule has 160 valence electrons. The van der Waals surface area contributed by atoms with Crippen LogP contribution in [0.1, 0.15) is 35.6 Å². The van der Waals surface area contributed by atoms with Gasteiger partial charge >= 0.3 is 0 Å². The normalized spacial score (nSPS) is 21.2. The van der Waals surface area contributed by atoms with E-state index in [1.165, 1.54) is 5.69 Å². The molecule has 0 spiro atoms. The molecule has 2 aromatic rings. The summed E-state index contributed by atoms with van der Waals surface area (Å²) in [7, 11) is 0. The fourth-order valence-corrected chi connectivity index (χ4v) is 5.00. The van der Waals surface area contributed by atoms with Crippen LogP contribution < -0.4 is 9.64 Å². The molecule has 4 nitrogen and oxygen atoms in total. The van der Waals surface area contributed by atoms with Crippen molar-refractivity contribution in [3.63, 3.8) is 0 Å². The summed E-state index contributed by atoms with van der Waals surface area (Å²) in [6, 6.07) is 8.02. The highest BCUT2D eigenvalue weighted by molar-refractivity contribution is 7.80. The Morgan fingerprint density at radius 1 is 1.03 bits per heavy atom. The van der Waals surface area contributed by atoms with Gasteiger partial charge in [0.05, 0.1) is 0 Å². The Balaban J connectivity index is 1.49. The molecule has 0 bridgehead atoms. The minimum absolute atomic E-state index is 0.388. The number of halogens is 1. The molecule has 30 heavy (non-hydrogen) atoms. The lowest BCUT2D eigenvalue weighted by molar-refractivity contribution is 0.119.